The van der Waals surface area contributed by atoms with Crippen molar-refractivity contribution in [2.24, 2.45) is 4.99 Å². The molecular formula is C17H25IN4O. The third kappa shape index (κ3) is 6.21. The van der Waals surface area contributed by atoms with E-state index in [1.165, 1.54) is 5.56 Å². The highest BCUT2D eigenvalue weighted by Gasteiger charge is 2.07. The minimum atomic E-state index is 0. The second-order valence-corrected chi connectivity index (χ2v) is 5.50. The summed E-state index contributed by atoms with van der Waals surface area (Å²) in [7, 11) is 0. The van der Waals surface area contributed by atoms with Gasteiger partial charge in [-0.1, -0.05) is 17.7 Å². The first-order valence-electron chi connectivity index (χ1n) is 7.64. The second-order valence-electron chi connectivity index (χ2n) is 5.50. The molecule has 0 aliphatic heterocycles. The molecule has 1 aromatic carbocycles. The number of hydrogen-bond donors (Lipinski definition) is 2. The molecule has 5 nitrogen and oxygen atoms in total. The Morgan fingerprint density at radius 1 is 1.26 bits per heavy atom. The average molecular weight is 428 g/mol. The van der Waals surface area contributed by atoms with Crippen LogP contribution in [0.1, 0.15) is 32.0 Å². The van der Waals surface area contributed by atoms with Crippen molar-refractivity contribution in [2.75, 3.05) is 6.54 Å². The first kappa shape index (κ1) is 19.5. The zero-order chi connectivity index (χ0) is 15.9. The standard InChI is InChI=1S/C17H24N4O.HI/c1-5-18-17(20-12(2)3)19-10-15-11-22-16(21-15)14-8-6-13(4)7-9-14;/h6-9,11-12H,5,10H2,1-4H3,(H2,18,19,20);1H. The molecule has 0 spiro atoms. The molecule has 0 aliphatic rings. The van der Waals surface area contributed by atoms with Gasteiger partial charge in [-0.3, -0.25) is 0 Å². The van der Waals surface area contributed by atoms with E-state index in [1.807, 2.05) is 31.2 Å². The molecule has 23 heavy (non-hydrogen) atoms. The van der Waals surface area contributed by atoms with Crippen molar-refractivity contribution in [3.63, 3.8) is 0 Å². The second kappa shape index (κ2) is 9.54. The van der Waals surface area contributed by atoms with Crippen LogP contribution in [0.5, 0.6) is 0 Å². The van der Waals surface area contributed by atoms with Crippen molar-refractivity contribution in [1.29, 1.82) is 0 Å². The van der Waals surface area contributed by atoms with E-state index in [0.717, 1.165) is 23.8 Å². The molecule has 2 aromatic rings. The van der Waals surface area contributed by atoms with E-state index in [2.05, 4.69) is 41.4 Å². The van der Waals surface area contributed by atoms with Crippen LogP contribution >= 0.6 is 24.0 Å². The summed E-state index contributed by atoms with van der Waals surface area (Å²) in [5.74, 6) is 1.42. The molecule has 0 atom stereocenters. The Kier molecular flexibility index (Phi) is 8.08. The molecule has 0 bridgehead atoms. The summed E-state index contributed by atoms with van der Waals surface area (Å²) in [4.78, 5) is 9.01. The van der Waals surface area contributed by atoms with Gasteiger partial charge in [0.25, 0.3) is 0 Å². The molecule has 0 radical (unpaired) electrons. The molecule has 0 saturated carbocycles. The lowest BCUT2D eigenvalue weighted by Gasteiger charge is -2.13. The van der Waals surface area contributed by atoms with Gasteiger partial charge in [0.15, 0.2) is 5.96 Å². The molecular weight excluding hydrogens is 403 g/mol. The Balaban J connectivity index is 0.00000264. The van der Waals surface area contributed by atoms with Crippen LogP contribution in [0.15, 0.2) is 39.9 Å². The number of halogens is 1. The molecule has 0 unspecified atom stereocenters. The van der Waals surface area contributed by atoms with Crippen molar-refractivity contribution in [2.45, 2.75) is 40.3 Å². The Labute approximate surface area is 155 Å². The lowest BCUT2D eigenvalue weighted by atomic mass is 10.1. The largest absolute Gasteiger partial charge is 0.444 e. The van der Waals surface area contributed by atoms with E-state index in [-0.39, 0.29) is 24.0 Å². The van der Waals surface area contributed by atoms with Crippen molar-refractivity contribution < 1.29 is 4.42 Å². The van der Waals surface area contributed by atoms with Gasteiger partial charge in [-0.25, -0.2) is 9.98 Å². The minimum absolute atomic E-state index is 0. The summed E-state index contributed by atoms with van der Waals surface area (Å²) < 4.78 is 5.54. The smallest absolute Gasteiger partial charge is 0.226 e. The van der Waals surface area contributed by atoms with Gasteiger partial charge in [0, 0.05) is 18.2 Å². The van der Waals surface area contributed by atoms with Crippen LogP contribution in [-0.2, 0) is 6.54 Å². The van der Waals surface area contributed by atoms with Crippen molar-refractivity contribution in [3.05, 3.63) is 41.8 Å². The maximum Gasteiger partial charge on any atom is 0.226 e. The zero-order valence-corrected chi connectivity index (χ0v) is 16.4. The topological polar surface area (TPSA) is 62.5 Å². The van der Waals surface area contributed by atoms with E-state index in [4.69, 9.17) is 4.42 Å². The number of aryl methyl sites for hydroxylation is 1. The fraction of sp³-hybridized carbons (Fsp3) is 0.412. The van der Waals surface area contributed by atoms with Crippen LogP contribution in [0.25, 0.3) is 11.5 Å². The van der Waals surface area contributed by atoms with Gasteiger partial charge in [0.2, 0.25) is 5.89 Å². The molecule has 1 aromatic heterocycles. The first-order valence-corrected chi connectivity index (χ1v) is 7.64. The van der Waals surface area contributed by atoms with Crippen LogP contribution in [0, 0.1) is 6.92 Å². The van der Waals surface area contributed by atoms with Gasteiger partial charge in [0.05, 0.1) is 6.54 Å². The van der Waals surface area contributed by atoms with E-state index in [9.17, 15) is 0 Å². The number of aromatic nitrogens is 1. The van der Waals surface area contributed by atoms with Crippen molar-refractivity contribution >= 4 is 29.9 Å². The number of rotatable bonds is 5. The molecule has 0 aliphatic carbocycles. The maximum absolute atomic E-state index is 5.54. The normalized spacial score (nSPS) is 11.3. The molecule has 2 N–H and O–H groups in total. The minimum Gasteiger partial charge on any atom is -0.444 e. The predicted octanol–water partition coefficient (Wildman–Crippen LogP) is 3.73. The molecule has 126 valence electrons. The van der Waals surface area contributed by atoms with Gasteiger partial charge >= 0.3 is 0 Å². The Morgan fingerprint density at radius 3 is 2.57 bits per heavy atom. The SMILES string of the molecule is CCNC(=NCc1coc(-c2ccc(C)cc2)n1)NC(C)C.I. The molecule has 0 fully saturated rings. The molecule has 6 heteroatoms. The fourth-order valence-corrected chi connectivity index (χ4v) is 1.96. The van der Waals surface area contributed by atoms with Crippen LogP contribution in [0.3, 0.4) is 0 Å². The van der Waals surface area contributed by atoms with E-state index < -0.39 is 0 Å². The predicted molar refractivity (Wildman–Crippen MR) is 105 cm³/mol. The van der Waals surface area contributed by atoms with Crippen LogP contribution in [0.4, 0.5) is 0 Å². The van der Waals surface area contributed by atoms with E-state index in [1.54, 1.807) is 6.26 Å². The number of guanidine groups is 1. The summed E-state index contributed by atoms with van der Waals surface area (Å²) in [6, 6.07) is 8.45. The third-order valence-electron chi connectivity index (χ3n) is 3.02. The number of aliphatic imine (C=N–C) groups is 1. The lowest BCUT2D eigenvalue weighted by Crippen LogP contribution is -2.41. The molecule has 1 heterocycles. The number of oxazole rings is 1. The number of benzene rings is 1. The summed E-state index contributed by atoms with van der Waals surface area (Å²) >= 11 is 0. The highest BCUT2D eigenvalue weighted by Crippen LogP contribution is 2.19. The maximum atomic E-state index is 5.54. The Bertz CT molecular complexity index is 620. The van der Waals surface area contributed by atoms with Crippen molar-refractivity contribution in [1.82, 2.24) is 15.6 Å². The monoisotopic (exact) mass is 428 g/mol. The Morgan fingerprint density at radius 2 is 1.96 bits per heavy atom. The van der Waals surface area contributed by atoms with Gasteiger partial charge < -0.3 is 15.1 Å². The molecule has 0 saturated heterocycles. The molecule has 2 rings (SSSR count). The van der Waals surface area contributed by atoms with Gasteiger partial charge in [0.1, 0.15) is 12.0 Å². The average Bonchev–Trinajstić information content (AvgIpc) is 2.94. The van der Waals surface area contributed by atoms with Crippen LogP contribution in [-0.4, -0.2) is 23.5 Å². The lowest BCUT2D eigenvalue weighted by molar-refractivity contribution is 0.572. The number of nitrogens with zero attached hydrogens (tertiary/aromatic N) is 2. The third-order valence-corrected chi connectivity index (χ3v) is 3.02. The summed E-state index contributed by atoms with van der Waals surface area (Å²) in [6.45, 7) is 9.58. The van der Waals surface area contributed by atoms with Crippen LogP contribution < -0.4 is 10.6 Å². The number of nitrogens with one attached hydrogen (secondary N) is 2. The van der Waals surface area contributed by atoms with Crippen molar-refractivity contribution in [3.8, 4) is 11.5 Å². The number of hydrogen-bond acceptors (Lipinski definition) is 3. The van der Waals surface area contributed by atoms with Gasteiger partial charge in [-0.15, -0.1) is 24.0 Å². The van der Waals surface area contributed by atoms with E-state index >= 15 is 0 Å². The highest BCUT2D eigenvalue weighted by atomic mass is 127. The summed E-state index contributed by atoms with van der Waals surface area (Å²) in [5, 5.41) is 6.49. The summed E-state index contributed by atoms with van der Waals surface area (Å²) in [6.07, 6.45) is 1.66. The van der Waals surface area contributed by atoms with Crippen LogP contribution in [0.2, 0.25) is 0 Å². The first-order chi connectivity index (χ1) is 10.6. The van der Waals surface area contributed by atoms with Gasteiger partial charge in [-0.2, -0.15) is 0 Å². The van der Waals surface area contributed by atoms with Gasteiger partial charge in [-0.05, 0) is 39.8 Å². The Hall–Kier alpha value is -1.57. The zero-order valence-electron chi connectivity index (χ0n) is 14.1. The highest BCUT2D eigenvalue weighted by molar-refractivity contribution is 14.0. The molecule has 0 amide bonds. The quantitative estimate of drug-likeness (QED) is 0.433. The van der Waals surface area contributed by atoms with E-state index in [0.29, 0.717) is 18.5 Å². The summed E-state index contributed by atoms with van der Waals surface area (Å²) in [5.41, 5.74) is 3.01. The fourth-order valence-electron chi connectivity index (χ4n) is 1.96.